The Hall–Kier alpha value is -7.58. The van der Waals surface area contributed by atoms with Crippen LogP contribution in [-0.4, -0.2) is 34.5 Å². The zero-order valence-electron chi connectivity index (χ0n) is 30.0. The molecule has 6 aromatic carbocycles. The van der Waals surface area contributed by atoms with E-state index in [1.54, 1.807) is 0 Å². The van der Waals surface area contributed by atoms with Gasteiger partial charge < -0.3 is 4.42 Å². The SMILES string of the molecule is C1=Cc2c(c3ccccc3n2-c2nc(-c3ccccc3)nc(-c3cccc4c3oc3cccc(-c5nc(-c6ccccc6)nc(-c6ccccc6)n5)c34)n2)CC1. The first-order valence-corrected chi connectivity index (χ1v) is 18.7. The molecule has 56 heavy (non-hydrogen) atoms. The van der Waals surface area contributed by atoms with Gasteiger partial charge in [0.05, 0.1) is 16.8 Å². The van der Waals surface area contributed by atoms with Gasteiger partial charge in [-0.25, -0.2) is 19.9 Å². The number of hydrogen-bond donors (Lipinski definition) is 0. The molecule has 8 heteroatoms. The maximum absolute atomic E-state index is 6.78. The molecule has 0 unspecified atom stereocenters. The van der Waals surface area contributed by atoms with Crippen molar-refractivity contribution in [3.8, 4) is 62.9 Å². The van der Waals surface area contributed by atoms with E-state index < -0.39 is 0 Å². The second kappa shape index (κ2) is 13.1. The van der Waals surface area contributed by atoms with Crippen LogP contribution in [-0.2, 0) is 6.42 Å². The minimum absolute atomic E-state index is 0.518. The van der Waals surface area contributed by atoms with E-state index in [1.165, 1.54) is 10.9 Å². The van der Waals surface area contributed by atoms with E-state index in [4.69, 9.17) is 34.3 Å². The van der Waals surface area contributed by atoms with Gasteiger partial charge in [0.15, 0.2) is 29.1 Å². The van der Waals surface area contributed by atoms with Gasteiger partial charge in [0, 0.05) is 38.4 Å². The van der Waals surface area contributed by atoms with Crippen LogP contribution in [0.3, 0.4) is 0 Å². The Morgan fingerprint density at radius 1 is 0.464 bits per heavy atom. The van der Waals surface area contributed by atoms with Crippen molar-refractivity contribution in [2.75, 3.05) is 0 Å². The number of aryl methyl sites for hydroxylation is 1. The van der Waals surface area contributed by atoms with Crippen LogP contribution < -0.4 is 0 Å². The summed E-state index contributed by atoms with van der Waals surface area (Å²) < 4.78 is 8.95. The van der Waals surface area contributed by atoms with Crippen molar-refractivity contribution < 1.29 is 4.42 Å². The lowest BCUT2D eigenvalue weighted by atomic mass is 10.0. The summed E-state index contributed by atoms with van der Waals surface area (Å²) in [7, 11) is 0. The third-order valence-electron chi connectivity index (χ3n) is 10.4. The summed E-state index contributed by atoms with van der Waals surface area (Å²) in [5.41, 5.74) is 9.17. The summed E-state index contributed by atoms with van der Waals surface area (Å²) >= 11 is 0. The molecule has 0 bridgehead atoms. The van der Waals surface area contributed by atoms with Crippen LogP contribution in [0.1, 0.15) is 17.7 Å². The Balaban J connectivity index is 1.14. The van der Waals surface area contributed by atoms with Crippen LogP contribution in [0.2, 0.25) is 0 Å². The minimum Gasteiger partial charge on any atom is -0.455 e. The number of fused-ring (bicyclic) bond motifs is 6. The number of aromatic nitrogens is 7. The zero-order valence-corrected chi connectivity index (χ0v) is 30.0. The smallest absolute Gasteiger partial charge is 0.238 e. The standard InChI is InChI=1S/C48H31N7O/c1-4-16-30(17-5-1)43-49-44(31-18-6-2-7-19-31)51-46(50-43)36-25-15-29-40-41(36)35-24-14-26-37(42(35)56-40)47-52-45(32-20-8-3-9-21-32)53-48(54-47)55-38-27-12-10-22-33(38)34-23-11-13-28-39(34)55/h1-10,12-22,24-29H,11,23H2. The Bertz CT molecular complexity index is 3080. The number of nitrogens with zero attached hydrogens (tertiary/aromatic N) is 7. The van der Waals surface area contributed by atoms with Crippen LogP contribution in [0, 0.1) is 0 Å². The average molecular weight is 722 g/mol. The van der Waals surface area contributed by atoms with Crippen molar-refractivity contribution in [2.45, 2.75) is 12.8 Å². The first kappa shape index (κ1) is 31.9. The predicted molar refractivity (Wildman–Crippen MR) is 222 cm³/mol. The van der Waals surface area contributed by atoms with Gasteiger partial charge in [0.2, 0.25) is 5.95 Å². The summed E-state index contributed by atoms with van der Waals surface area (Å²) in [6.07, 6.45) is 6.38. The maximum atomic E-state index is 6.78. The van der Waals surface area contributed by atoms with Crippen molar-refractivity contribution in [1.82, 2.24) is 34.5 Å². The predicted octanol–water partition coefficient (Wildman–Crippen LogP) is 11.2. The molecular formula is C48H31N7O. The van der Waals surface area contributed by atoms with E-state index in [0.29, 0.717) is 46.2 Å². The van der Waals surface area contributed by atoms with Crippen molar-refractivity contribution in [1.29, 1.82) is 0 Å². The molecule has 0 spiro atoms. The molecule has 1 aliphatic rings. The molecule has 0 radical (unpaired) electrons. The number of para-hydroxylation sites is 2. The Labute approximate surface area is 321 Å². The number of hydrogen-bond acceptors (Lipinski definition) is 7. The quantitative estimate of drug-likeness (QED) is 0.169. The molecule has 264 valence electrons. The van der Waals surface area contributed by atoms with E-state index in [0.717, 1.165) is 62.6 Å². The fraction of sp³-hybridized carbons (Fsp3) is 0.0417. The van der Waals surface area contributed by atoms with E-state index in [9.17, 15) is 0 Å². The van der Waals surface area contributed by atoms with Gasteiger partial charge in [-0.1, -0.05) is 140 Å². The molecule has 4 aromatic heterocycles. The molecule has 0 aliphatic heterocycles. The second-order valence-electron chi connectivity index (χ2n) is 13.8. The van der Waals surface area contributed by atoms with Crippen LogP contribution in [0.4, 0.5) is 0 Å². The maximum Gasteiger partial charge on any atom is 0.238 e. The number of benzene rings is 6. The summed E-state index contributed by atoms with van der Waals surface area (Å²) in [5.74, 6) is 3.41. The molecule has 1 aliphatic carbocycles. The fourth-order valence-corrected chi connectivity index (χ4v) is 7.84. The highest BCUT2D eigenvalue weighted by molar-refractivity contribution is 6.14. The van der Waals surface area contributed by atoms with E-state index >= 15 is 0 Å². The van der Waals surface area contributed by atoms with Crippen LogP contribution >= 0.6 is 0 Å². The summed E-state index contributed by atoms with van der Waals surface area (Å²) in [6, 6.07) is 50.7. The van der Waals surface area contributed by atoms with E-state index in [-0.39, 0.29) is 0 Å². The molecule has 0 fully saturated rings. The van der Waals surface area contributed by atoms with Gasteiger partial charge >= 0.3 is 0 Å². The fourth-order valence-electron chi connectivity index (χ4n) is 7.84. The summed E-state index contributed by atoms with van der Waals surface area (Å²) in [4.78, 5) is 30.5. The molecule has 0 N–H and O–H groups in total. The monoisotopic (exact) mass is 721 g/mol. The van der Waals surface area contributed by atoms with Crippen LogP contribution in [0.5, 0.6) is 0 Å². The van der Waals surface area contributed by atoms with Crippen molar-refractivity contribution in [3.63, 3.8) is 0 Å². The molecule has 0 atom stereocenters. The van der Waals surface area contributed by atoms with Crippen molar-refractivity contribution in [3.05, 3.63) is 169 Å². The first-order valence-electron chi connectivity index (χ1n) is 18.7. The zero-order chi connectivity index (χ0) is 37.0. The van der Waals surface area contributed by atoms with Crippen molar-refractivity contribution >= 4 is 38.9 Å². The molecular weight excluding hydrogens is 691 g/mol. The highest BCUT2D eigenvalue weighted by Crippen LogP contribution is 2.41. The molecule has 10 aromatic rings. The first-order chi connectivity index (χ1) is 27.8. The van der Waals surface area contributed by atoms with Gasteiger partial charge in [0.1, 0.15) is 11.2 Å². The lowest BCUT2D eigenvalue weighted by Gasteiger charge is -2.13. The Morgan fingerprint density at radius 2 is 1.00 bits per heavy atom. The number of rotatable bonds is 6. The molecule has 0 saturated heterocycles. The van der Waals surface area contributed by atoms with Gasteiger partial charge in [-0.15, -0.1) is 0 Å². The van der Waals surface area contributed by atoms with Crippen LogP contribution in [0.25, 0.3) is 102 Å². The highest BCUT2D eigenvalue weighted by atomic mass is 16.3. The third kappa shape index (κ3) is 5.30. The lowest BCUT2D eigenvalue weighted by molar-refractivity contribution is 0.669. The van der Waals surface area contributed by atoms with Crippen LogP contribution in [0.15, 0.2) is 162 Å². The summed E-state index contributed by atoms with van der Waals surface area (Å²) in [5, 5.41) is 3.03. The lowest BCUT2D eigenvalue weighted by Crippen LogP contribution is -2.08. The third-order valence-corrected chi connectivity index (χ3v) is 10.4. The summed E-state index contributed by atoms with van der Waals surface area (Å²) in [6.45, 7) is 0. The second-order valence-corrected chi connectivity index (χ2v) is 13.8. The normalized spacial score (nSPS) is 12.4. The van der Waals surface area contributed by atoms with E-state index in [1.807, 2.05) is 121 Å². The number of allylic oxidation sites excluding steroid dienone is 1. The largest absolute Gasteiger partial charge is 0.455 e. The highest BCUT2D eigenvalue weighted by Gasteiger charge is 2.24. The minimum atomic E-state index is 0.518. The Kier molecular flexibility index (Phi) is 7.45. The molecule has 0 saturated carbocycles. The van der Waals surface area contributed by atoms with Gasteiger partial charge in [-0.05, 0) is 42.7 Å². The topological polar surface area (TPSA) is 95.4 Å². The van der Waals surface area contributed by atoms with Gasteiger partial charge in [-0.2, -0.15) is 9.97 Å². The Morgan fingerprint density at radius 3 is 1.70 bits per heavy atom. The van der Waals surface area contributed by atoms with E-state index in [2.05, 4.69) is 47.1 Å². The number of furan rings is 1. The van der Waals surface area contributed by atoms with Crippen molar-refractivity contribution in [2.24, 2.45) is 0 Å². The average Bonchev–Trinajstić information content (AvgIpc) is 3.83. The molecule has 8 nitrogen and oxygen atoms in total. The van der Waals surface area contributed by atoms with Gasteiger partial charge in [0.25, 0.3) is 0 Å². The van der Waals surface area contributed by atoms with Gasteiger partial charge in [-0.3, -0.25) is 4.57 Å². The molecule has 0 amide bonds. The molecule has 4 heterocycles. The molecule has 11 rings (SSSR count).